The van der Waals surface area contributed by atoms with Gasteiger partial charge < -0.3 is 15.4 Å². The van der Waals surface area contributed by atoms with Crippen molar-refractivity contribution in [3.8, 4) is 11.4 Å². The summed E-state index contributed by atoms with van der Waals surface area (Å²) in [7, 11) is 1.63. The molecule has 2 heterocycles. The number of nitrogens with zero attached hydrogens (tertiary/aromatic N) is 3. The highest BCUT2D eigenvalue weighted by Crippen LogP contribution is 2.16. The molecular weight excluding hydrogens is 280 g/mol. The van der Waals surface area contributed by atoms with E-state index in [0.717, 1.165) is 30.8 Å². The van der Waals surface area contributed by atoms with Gasteiger partial charge in [-0.05, 0) is 43.2 Å². The maximum Gasteiger partial charge on any atom is 0.274 e. The molecule has 2 aromatic rings. The summed E-state index contributed by atoms with van der Waals surface area (Å²) < 4.78 is 6.83. The van der Waals surface area contributed by atoms with Crippen LogP contribution in [0.15, 0.2) is 36.5 Å². The molecule has 0 aliphatic carbocycles. The predicted octanol–water partition coefficient (Wildman–Crippen LogP) is 1.44. The second kappa shape index (κ2) is 6.19. The Morgan fingerprint density at radius 2 is 2.09 bits per heavy atom. The van der Waals surface area contributed by atoms with E-state index in [2.05, 4.69) is 5.10 Å². The third-order valence-electron chi connectivity index (χ3n) is 3.89. The third-order valence-corrected chi connectivity index (χ3v) is 3.89. The molecule has 3 rings (SSSR count). The zero-order chi connectivity index (χ0) is 15.5. The highest BCUT2D eigenvalue weighted by Gasteiger charge is 2.23. The highest BCUT2D eigenvalue weighted by molar-refractivity contribution is 5.92. The lowest BCUT2D eigenvalue weighted by Gasteiger charge is -2.30. The van der Waals surface area contributed by atoms with Gasteiger partial charge in [0.25, 0.3) is 5.91 Å². The van der Waals surface area contributed by atoms with E-state index in [4.69, 9.17) is 10.5 Å². The van der Waals surface area contributed by atoms with Crippen molar-refractivity contribution in [2.45, 2.75) is 18.9 Å². The summed E-state index contributed by atoms with van der Waals surface area (Å²) in [6, 6.07) is 9.34. The molecule has 0 radical (unpaired) electrons. The van der Waals surface area contributed by atoms with Crippen LogP contribution < -0.4 is 10.5 Å². The van der Waals surface area contributed by atoms with E-state index in [0.29, 0.717) is 12.2 Å². The Hall–Kier alpha value is -2.34. The first-order valence-electron chi connectivity index (χ1n) is 7.42. The van der Waals surface area contributed by atoms with E-state index in [1.54, 1.807) is 29.0 Å². The fourth-order valence-corrected chi connectivity index (χ4v) is 2.67. The van der Waals surface area contributed by atoms with Crippen molar-refractivity contribution >= 4 is 5.91 Å². The summed E-state index contributed by atoms with van der Waals surface area (Å²) in [6.45, 7) is 1.36. The van der Waals surface area contributed by atoms with Crippen molar-refractivity contribution in [1.29, 1.82) is 0 Å². The molecule has 0 bridgehead atoms. The summed E-state index contributed by atoms with van der Waals surface area (Å²) in [5, 5.41) is 4.38. The molecule has 1 unspecified atom stereocenters. The number of nitrogens with two attached hydrogens (primary N) is 1. The van der Waals surface area contributed by atoms with Crippen molar-refractivity contribution in [1.82, 2.24) is 14.7 Å². The van der Waals surface area contributed by atoms with Crippen LogP contribution >= 0.6 is 0 Å². The Morgan fingerprint density at radius 1 is 1.32 bits per heavy atom. The number of carbonyl (C=O) groups is 1. The van der Waals surface area contributed by atoms with Gasteiger partial charge >= 0.3 is 0 Å². The Labute approximate surface area is 129 Å². The number of hydrogen-bond donors (Lipinski definition) is 1. The molecule has 1 saturated heterocycles. The summed E-state index contributed by atoms with van der Waals surface area (Å²) in [4.78, 5) is 14.3. The number of methoxy groups -OCH3 is 1. The molecule has 6 heteroatoms. The standard InChI is InChI=1S/C16H20N4O2/c1-22-14-6-4-13(5-7-14)20-10-8-15(18-20)16(21)19-9-2-3-12(17)11-19/h4-8,10,12H,2-3,9,11,17H2,1H3. The van der Waals surface area contributed by atoms with Gasteiger partial charge in [-0.1, -0.05) is 0 Å². The van der Waals surface area contributed by atoms with Gasteiger partial charge in [0.2, 0.25) is 0 Å². The minimum Gasteiger partial charge on any atom is -0.497 e. The van der Waals surface area contributed by atoms with Crippen LogP contribution in [-0.4, -0.2) is 46.8 Å². The summed E-state index contributed by atoms with van der Waals surface area (Å²) >= 11 is 0. The summed E-state index contributed by atoms with van der Waals surface area (Å²) in [6.07, 6.45) is 3.72. The minimum atomic E-state index is -0.0533. The molecule has 1 aliphatic heterocycles. The largest absolute Gasteiger partial charge is 0.497 e. The number of hydrogen-bond acceptors (Lipinski definition) is 4. The van der Waals surface area contributed by atoms with Crippen LogP contribution in [0.4, 0.5) is 0 Å². The molecule has 116 valence electrons. The number of amides is 1. The van der Waals surface area contributed by atoms with Crippen molar-refractivity contribution in [3.63, 3.8) is 0 Å². The number of carbonyl (C=O) groups excluding carboxylic acids is 1. The average molecular weight is 300 g/mol. The van der Waals surface area contributed by atoms with Crippen molar-refractivity contribution in [3.05, 3.63) is 42.2 Å². The Morgan fingerprint density at radius 3 is 2.77 bits per heavy atom. The fraction of sp³-hybridized carbons (Fsp3) is 0.375. The van der Waals surface area contributed by atoms with Crippen LogP contribution in [0, 0.1) is 0 Å². The predicted molar refractivity (Wildman–Crippen MR) is 83.2 cm³/mol. The first kappa shape index (κ1) is 14.6. The number of aromatic nitrogens is 2. The first-order valence-corrected chi connectivity index (χ1v) is 7.42. The normalized spacial score (nSPS) is 18.3. The van der Waals surface area contributed by atoms with E-state index < -0.39 is 0 Å². The molecule has 22 heavy (non-hydrogen) atoms. The second-order valence-electron chi connectivity index (χ2n) is 5.50. The Balaban J connectivity index is 1.76. The molecule has 6 nitrogen and oxygen atoms in total. The van der Waals surface area contributed by atoms with Crippen LogP contribution in [0.3, 0.4) is 0 Å². The molecule has 0 spiro atoms. The van der Waals surface area contributed by atoms with E-state index in [-0.39, 0.29) is 11.9 Å². The molecule has 1 aliphatic rings. The van der Waals surface area contributed by atoms with Crippen molar-refractivity contribution in [2.75, 3.05) is 20.2 Å². The van der Waals surface area contributed by atoms with Gasteiger partial charge in [-0.3, -0.25) is 4.79 Å². The molecule has 1 aromatic carbocycles. The maximum absolute atomic E-state index is 12.5. The zero-order valence-corrected chi connectivity index (χ0v) is 12.6. The lowest BCUT2D eigenvalue weighted by molar-refractivity contribution is 0.0702. The number of ether oxygens (including phenoxy) is 1. The van der Waals surface area contributed by atoms with E-state index in [9.17, 15) is 4.79 Å². The quantitative estimate of drug-likeness (QED) is 0.931. The third kappa shape index (κ3) is 2.96. The molecule has 1 atom stereocenters. The Bertz CT molecular complexity index is 650. The number of benzene rings is 1. The molecule has 1 amide bonds. The lowest BCUT2D eigenvalue weighted by atomic mass is 10.1. The fourth-order valence-electron chi connectivity index (χ4n) is 2.67. The monoisotopic (exact) mass is 300 g/mol. The van der Waals surface area contributed by atoms with Crippen LogP contribution in [0.1, 0.15) is 23.3 Å². The van der Waals surface area contributed by atoms with Crippen LogP contribution in [0.2, 0.25) is 0 Å². The van der Waals surface area contributed by atoms with E-state index in [1.165, 1.54) is 0 Å². The SMILES string of the molecule is COc1ccc(-n2ccc(C(=O)N3CCCC(N)C3)n2)cc1. The molecular formula is C16H20N4O2. The maximum atomic E-state index is 12.5. The van der Waals surface area contributed by atoms with Crippen LogP contribution in [0.25, 0.3) is 5.69 Å². The Kier molecular flexibility index (Phi) is 4.11. The molecule has 0 saturated carbocycles. The van der Waals surface area contributed by atoms with Gasteiger partial charge in [0.15, 0.2) is 5.69 Å². The first-order chi connectivity index (χ1) is 10.7. The van der Waals surface area contributed by atoms with Gasteiger partial charge in [0, 0.05) is 25.3 Å². The van der Waals surface area contributed by atoms with Crippen LogP contribution in [0.5, 0.6) is 5.75 Å². The molecule has 2 N–H and O–H groups in total. The minimum absolute atomic E-state index is 0.0533. The van der Waals surface area contributed by atoms with Gasteiger partial charge in [-0.15, -0.1) is 0 Å². The lowest BCUT2D eigenvalue weighted by Crippen LogP contribution is -2.45. The van der Waals surface area contributed by atoms with E-state index >= 15 is 0 Å². The topological polar surface area (TPSA) is 73.4 Å². The average Bonchev–Trinajstić information content (AvgIpc) is 3.04. The van der Waals surface area contributed by atoms with Gasteiger partial charge in [0.1, 0.15) is 5.75 Å². The molecule has 1 fully saturated rings. The summed E-state index contributed by atoms with van der Waals surface area (Å²) in [5.41, 5.74) is 7.27. The van der Waals surface area contributed by atoms with E-state index in [1.807, 2.05) is 24.3 Å². The van der Waals surface area contributed by atoms with Crippen LogP contribution in [-0.2, 0) is 0 Å². The number of piperidine rings is 1. The van der Waals surface area contributed by atoms with Crippen molar-refractivity contribution in [2.24, 2.45) is 5.73 Å². The number of rotatable bonds is 3. The number of likely N-dealkylation sites (tertiary alicyclic amines) is 1. The smallest absolute Gasteiger partial charge is 0.274 e. The van der Waals surface area contributed by atoms with Gasteiger partial charge in [-0.2, -0.15) is 5.10 Å². The summed E-state index contributed by atoms with van der Waals surface area (Å²) in [5.74, 6) is 0.733. The highest BCUT2D eigenvalue weighted by atomic mass is 16.5. The van der Waals surface area contributed by atoms with Crippen molar-refractivity contribution < 1.29 is 9.53 Å². The van der Waals surface area contributed by atoms with Gasteiger partial charge in [0.05, 0.1) is 12.8 Å². The second-order valence-corrected chi connectivity index (χ2v) is 5.50. The van der Waals surface area contributed by atoms with Gasteiger partial charge in [-0.25, -0.2) is 4.68 Å². The zero-order valence-electron chi connectivity index (χ0n) is 12.6. The molecule has 1 aromatic heterocycles.